The van der Waals surface area contributed by atoms with Gasteiger partial charge in [-0.25, -0.2) is 4.68 Å². The molecule has 0 saturated heterocycles. The molecule has 7 heteroatoms. The van der Waals surface area contributed by atoms with E-state index in [0.29, 0.717) is 25.5 Å². The van der Waals surface area contributed by atoms with Gasteiger partial charge in [-0.2, -0.15) is 5.26 Å². The van der Waals surface area contributed by atoms with E-state index in [1.54, 1.807) is 18.9 Å². The summed E-state index contributed by atoms with van der Waals surface area (Å²) in [5.41, 5.74) is 0.930. The van der Waals surface area contributed by atoms with Crippen molar-refractivity contribution in [2.45, 2.75) is 13.2 Å². The second kappa shape index (κ2) is 7.26. The molecule has 1 heterocycles. The van der Waals surface area contributed by atoms with Crippen LogP contribution in [0.1, 0.15) is 11.4 Å². The van der Waals surface area contributed by atoms with Crippen LogP contribution in [0.25, 0.3) is 0 Å². The molecule has 0 aliphatic carbocycles. The number of nitrogens with zero attached hydrogens (tertiary/aromatic N) is 4. The molecule has 21 heavy (non-hydrogen) atoms. The van der Waals surface area contributed by atoms with Crippen LogP contribution in [0.3, 0.4) is 0 Å². The number of benzene rings is 1. The Hall–Kier alpha value is -2.59. The van der Waals surface area contributed by atoms with Gasteiger partial charge < -0.3 is 14.2 Å². The van der Waals surface area contributed by atoms with Crippen LogP contribution in [-0.2, 0) is 17.9 Å². The van der Waals surface area contributed by atoms with E-state index in [4.69, 9.17) is 19.5 Å². The lowest BCUT2D eigenvalue weighted by Crippen LogP contribution is -2.13. The zero-order valence-electron chi connectivity index (χ0n) is 11.9. The number of rotatable bonds is 7. The molecule has 0 fully saturated rings. The first-order valence-corrected chi connectivity index (χ1v) is 6.36. The molecule has 0 radical (unpaired) electrons. The Balaban J connectivity index is 1.93. The van der Waals surface area contributed by atoms with E-state index < -0.39 is 0 Å². The fourth-order valence-corrected chi connectivity index (χ4v) is 1.80. The predicted molar refractivity (Wildman–Crippen MR) is 73.9 cm³/mol. The second-order valence-corrected chi connectivity index (χ2v) is 4.18. The Bertz CT molecular complexity index is 616. The number of aromatic nitrogens is 3. The van der Waals surface area contributed by atoms with Crippen LogP contribution < -0.4 is 9.47 Å². The molecular weight excluding hydrogens is 272 g/mol. The highest BCUT2D eigenvalue weighted by molar-refractivity contribution is 5.31. The summed E-state index contributed by atoms with van der Waals surface area (Å²) < 4.78 is 17.4. The molecule has 7 nitrogen and oxygen atoms in total. The largest absolute Gasteiger partial charge is 0.497 e. The van der Waals surface area contributed by atoms with Crippen molar-refractivity contribution in [3.63, 3.8) is 0 Å². The van der Waals surface area contributed by atoms with Crippen LogP contribution in [0.15, 0.2) is 24.3 Å². The molecule has 0 unspecified atom stereocenters. The lowest BCUT2D eigenvalue weighted by Gasteiger charge is -2.08. The molecule has 0 aliphatic heterocycles. The minimum absolute atomic E-state index is 0.279. The SMILES string of the molecule is COCc1c(C#N)nnn1CCOc1ccc(OC)cc1. The monoisotopic (exact) mass is 288 g/mol. The van der Waals surface area contributed by atoms with Crippen molar-refractivity contribution >= 4 is 0 Å². The van der Waals surface area contributed by atoms with Gasteiger partial charge in [0.2, 0.25) is 0 Å². The number of methoxy groups -OCH3 is 2. The van der Waals surface area contributed by atoms with Crippen LogP contribution in [0, 0.1) is 11.3 Å². The van der Waals surface area contributed by atoms with Gasteiger partial charge in [-0.15, -0.1) is 5.10 Å². The number of hydrogen-bond acceptors (Lipinski definition) is 6. The summed E-state index contributed by atoms with van der Waals surface area (Å²) in [5.74, 6) is 1.52. The molecule has 1 aromatic carbocycles. The summed E-state index contributed by atoms with van der Waals surface area (Å²) in [4.78, 5) is 0. The molecule has 2 aromatic rings. The molecule has 110 valence electrons. The standard InChI is InChI=1S/C14H16N4O3/c1-19-10-14-13(9-15)16-17-18(14)7-8-21-12-5-3-11(20-2)4-6-12/h3-6H,7-8,10H2,1-2H3. The summed E-state index contributed by atoms with van der Waals surface area (Å²) >= 11 is 0. The Labute approximate surface area is 122 Å². The van der Waals surface area contributed by atoms with Crippen LogP contribution >= 0.6 is 0 Å². The fourth-order valence-electron chi connectivity index (χ4n) is 1.80. The third-order valence-corrected chi connectivity index (χ3v) is 2.86. The highest BCUT2D eigenvalue weighted by Crippen LogP contribution is 2.17. The van der Waals surface area contributed by atoms with Gasteiger partial charge in [0.25, 0.3) is 0 Å². The Morgan fingerprint density at radius 2 is 1.90 bits per heavy atom. The topological polar surface area (TPSA) is 82.2 Å². The minimum atomic E-state index is 0.279. The van der Waals surface area contributed by atoms with E-state index in [2.05, 4.69) is 10.3 Å². The molecule has 0 bridgehead atoms. The van der Waals surface area contributed by atoms with Gasteiger partial charge in [0, 0.05) is 7.11 Å². The first-order chi connectivity index (χ1) is 10.3. The van der Waals surface area contributed by atoms with Gasteiger partial charge in [0.15, 0.2) is 5.69 Å². The maximum atomic E-state index is 8.95. The quantitative estimate of drug-likeness (QED) is 0.765. The Morgan fingerprint density at radius 3 is 2.52 bits per heavy atom. The van der Waals surface area contributed by atoms with Crippen LogP contribution in [-0.4, -0.2) is 35.8 Å². The van der Waals surface area contributed by atoms with E-state index in [1.807, 2.05) is 30.3 Å². The molecular formula is C14H16N4O3. The predicted octanol–water partition coefficient (Wildman–Crippen LogP) is 1.38. The third-order valence-electron chi connectivity index (χ3n) is 2.86. The molecule has 0 amide bonds. The molecule has 0 saturated carbocycles. The molecule has 1 aromatic heterocycles. The number of ether oxygens (including phenoxy) is 3. The smallest absolute Gasteiger partial charge is 0.188 e. The highest BCUT2D eigenvalue weighted by atomic mass is 16.5. The summed E-state index contributed by atoms with van der Waals surface area (Å²) in [6.07, 6.45) is 0. The zero-order chi connectivity index (χ0) is 15.1. The second-order valence-electron chi connectivity index (χ2n) is 4.18. The van der Waals surface area contributed by atoms with Crippen molar-refractivity contribution in [3.8, 4) is 17.6 Å². The lowest BCUT2D eigenvalue weighted by atomic mass is 10.3. The number of nitriles is 1. The van der Waals surface area contributed by atoms with Crippen molar-refractivity contribution in [2.75, 3.05) is 20.8 Å². The summed E-state index contributed by atoms with van der Waals surface area (Å²) in [5, 5.41) is 16.7. The maximum Gasteiger partial charge on any atom is 0.188 e. The van der Waals surface area contributed by atoms with E-state index in [0.717, 1.165) is 11.5 Å². The van der Waals surface area contributed by atoms with Crippen molar-refractivity contribution in [1.82, 2.24) is 15.0 Å². The van der Waals surface area contributed by atoms with E-state index in [9.17, 15) is 0 Å². The molecule has 0 atom stereocenters. The van der Waals surface area contributed by atoms with Crippen LogP contribution in [0.4, 0.5) is 0 Å². The highest BCUT2D eigenvalue weighted by Gasteiger charge is 2.12. The minimum Gasteiger partial charge on any atom is -0.497 e. The van der Waals surface area contributed by atoms with Crippen molar-refractivity contribution in [1.29, 1.82) is 5.26 Å². The van der Waals surface area contributed by atoms with Gasteiger partial charge >= 0.3 is 0 Å². The van der Waals surface area contributed by atoms with Crippen molar-refractivity contribution in [3.05, 3.63) is 35.7 Å². The first-order valence-electron chi connectivity index (χ1n) is 6.36. The summed E-state index contributed by atoms with van der Waals surface area (Å²) in [6.45, 7) is 1.19. The summed E-state index contributed by atoms with van der Waals surface area (Å²) in [7, 11) is 3.18. The van der Waals surface area contributed by atoms with Gasteiger partial charge in [-0.3, -0.25) is 0 Å². The average Bonchev–Trinajstić information content (AvgIpc) is 2.91. The van der Waals surface area contributed by atoms with E-state index in [1.165, 1.54) is 0 Å². The average molecular weight is 288 g/mol. The van der Waals surface area contributed by atoms with E-state index in [-0.39, 0.29) is 5.69 Å². The molecule has 0 aliphatic rings. The zero-order valence-corrected chi connectivity index (χ0v) is 11.9. The Morgan fingerprint density at radius 1 is 1.19 bits per heavy atom. The number of hydrogen-bond donors (Lipinski definition) is 0. The van der Waals surface area contributed by atoms with Crippen molar-refractivity contribution in [2.24, 2.45) is 0 Å². The lowest BCUT2D eigenvalue weighted by molar-refractivity contribution is 0.174. The van der Waals surface area contributed by atoms with Crippen LogP contribution in [0.2, 0.25) is 0 Å². The van der Waals surface area contributed by atoms with Crippen LogP contribution in [0.5, 0.6) is 11.5 Å². The fraction of sp³-hybridized carbons (Fsp3) is 0.357. The normalized spacial score (nSPS) is 10.1. The van der Waals surface area contributed by atoms with Gasteiger partial charge in [-0.1, -0.05) is 5.21 Å². The maximum absolute atomic E-state index is 8.95. The van der Waals surface area contributed by atoms with Gasteiger partial charge in [0.1, 0.15) is 29.9 Å². The van der Waals surface area contributed by atoms with E-state index >= 15 is 0 Å². The van der Waals surface area contributed by atoms with Gasteiger partial charge in [-0.05, 0) is 24.3 Å². The third kappa shape index (κ3) is 3.70. The Kier molecular flexibility index (Phi) is 5.12. The van der Waals surface area contributed by atoms with Crippen molar-refractivity contribution < 1.29 is 14.2 Å². The first kappa shape index (κ1) is 14.8. The summed E-state index contributed by atoms with van der Waals surface area (Å²) in [6, 6.07) is 9.31. The molecule has 0 spiro atoms. The molecule has 0 N–H and O–H groups in total. The molecule has 2 rings (SSSR count). The van der Waals surface area contributed by atoms with Gasteiger partial charge in [0.05, 0.1) is 20.3 Å².